The smallest absolute Gasteiger partial charge is 0.249 e. The molecule has 5 heteroatoms. The van der Waals surface area contributed by atoms with E-state index in [1.807, 2.05) is 23.7 Å². The summed E-state index contributed by atoms with van der Waals surface area (Å²) in [5.41, 5.74) is 2.03. The Labute approximate surface area is 179 Å². The molecule has 27 heavy (non-hydrogen) atoms. The van der Waals surface area contributed by atoms with Crippen molar-refractivity contribution in [3.05, 3.63) is 34.4 Å². The molecule has 3 rings (SSSR count). The van der Waals surface area contributed by atoms with Gasteiger partial charge in [0.15, 0.2) is 0 Å². The molecular weight excluding hydrogens is 460 g/mol. The third-order valence-electron chi connectivity index (χ3n) is 5.66. The molecule has 3 nitrogen and oxygen atoms in total. The number of thiazole rings is 1. The first-order chi connectivity index (χ1) is 13.0. The van der Waals surface area contributed by atoms with Crippen molar-refractivity contribution >= 4 is 44.4 Å². The monoisotopic (exact) mass is 492 g/mol. The number of amidine groups is 1. The molecule has 2 aliphatic rings. The molecule has 2 fully saturated rings. The first-order valence-electron chi connectivity index (χ1n) is 10.3. The topological polar surface area (TPSA) is 37.3 Å². The van der Waals surface area contributed by atoms with Gasteiger partial charge in [-0.1, -0.05) is 27.2 Å². The van der Waals surface area contributed by atoms with Gasteiger partial charge >= 0.3 is 130 Å². The van der Waals surface area contributed by atoms with Gasteiger partial charge in [-0.3, -0.25) is 0 Å². The van der Waals surface area contributed by atoms with Crippen LogP contribution in [0.5, 0.6) is 0 Å². The van der Waals surface area contributed by atoms with Gasteiger partial charge in [-0.15, -0.1) is 0 Å². The average Bonchev–Trinajstić information content (AvgIpc) is 3.08. The summed E-state index contributed by atoms with van der Waals surface area (Å²) >= 11 is 2.09. The summed E-state index contributed by atoms with van der Waals surface area (Å²) < 4.78 is 3.17. The van der Waals surface area contributed by atoms with Gasteiger partial charge in [-0.2, -0.15) is 0 Å². The number of nitrogens with zero attached hydrogens (tertiary/aromatic N) is 2. The van der Waals surface area contributed by atoms with Crippen LogP contribution in [-0.2, 0) is 0 Å². The van der Waals surface area contributed by atoms with Crippen molar-refractivity contribution in [2.24, 2.45) is 10.4 Å². The fraction of sp³-hybridized carbons (Fsp3) is 0.636. The van der Waals surface area contributed by atoms with Crippen molar-refractivity contribution in [3.8, 4) is 0 Å². The molecule has 0 aromatic carbocycles. The maximum absolute atomic E-state index is 4.87. The minimum atomic E-state index is 0.258. The maximum atomic E-state index is 4.87. The first kappa shape index (κ1) is 21.1. The Kier molecular flexibility index (Phi) is 7.62. The third-order valence-corrected chi connectivity index (χ3v) is 12.0. The van der Waals surface area contributed by atoms with Gasteiger partial charge in [0.25, 0.3) is 0 Å². The van der Waals surface area contributed by atoms with E-state index < -0.39 is 0 Å². The normalized spacial score (nSPS) is 21.3. The van der Waals surface area contributed by atoms with E-state index in [1.54, 1.807) is 8.73 Å². The second-order valence-electron chi connectivity index (χ2n) is 8.11. The number of aromatic nitrogens is 1. The summed E-state index contributed by atoms with van der Waals surface area (Å²) in [5, 5.41) is 4.63. The second-order valence-corrected chi connectivity index (χ2v) is 12.3. The zero-order chi connectivity index (χ0) is 19.3. The molecule has 147 valence electrons. The van der Waals surface area contributed by atoms with E-state index in [9.17, 15) is 0 Å². The van der Waals surface area contributed by atoms with Crippen LogP contribution < -0.4 is 5.32 Å². The van der Waals surface area contributed by atoms with Crippen LogP contribution in [0.15, 0.2) is 29.5 Å². The van der Waals surface area contributed by atoms with Crippen LogP contribution in [0, 0.1) is 5.41 Å². The van der Waals surface area contributed by atoms with Gasteiger partial charge in [0.1, 0.15) is 0 Å². The third kappa shape index (κ3) is 5.47. The van der Waals surface area contributed by atoms with E-state index in [0.717, 1.165) is 30.5 Å². The Morgan fingerprint density at radius 3 is 2.85 bits per heavy atom. The zero-order valence-corrected chi connectivity index (χ0v) is 20.5. The number of nitrogens with one attached hydrogen (secondary N) is 1. The molecule has 1 radical (unpaired) electrons. The number of hydrogen-bond donors (Lipinski definition) is 1. The summed E-state index contributed by atoms with van der Waals surface area (Å²) in [6, 6.07) is 0.566. The summed E-state index contributed by atoms with van der Waals surface area (Å²) in [6.45, 7) is 8.80. The Hall–Kier alpha value is -0.602. The van der Waals surface area contributed by atoms with Gasteiger partial charge in [-0.05, 0) is 6.42 Å². The first-order valence-corrected chi connectivity index (χ1v) is 14.7. The van der Waals surface area contributed by atoms with Crippen molar-refractivity contribution in [1.29, 1.82) is 0 Å². The molecule has 2 heterocycles. The molecule has 1 aromatic heterocycles. The Balaban J connectivity index is 1.58. The molecule has 1 aliphatic carbocycles. The van der Waals surface area contributed by atoms with Crippen molar-refractivity contribution in [2.75, 3.05) is 0 Å². The molecule has 0 bridgehead atoms. The number of hydrogen-bond acceptors (Lipinski definition) is 3. The van der Waals surface area contributed by atoms with E-state index in [4.69, 9.17) is 4.99 Å². The average molecular weight is 493 g/mol. The summed E-state index contributed by atoms with van der Waals surface area (Å²) in [4.78, 5) is 10.8. The SMILES string of the molecule is CCC/C=C(/C=C\NC(C)=NC1CC2([CH2][Sb][CH2]2)C1)c1cnc(C(C)CC)s1. The molecule has 1 spiro atoms. The number of unbranched alkanes of at least 4 members (excludes halogenated alkanes) is 1. The van der Waals surface area contributed by atoms with Crippen LogP contribution >= 0.6 is 11.3 Å². The Morgan fingerprint density at radius 1 is 1.44 bits per heavy atom. The van der Waals surface area contributed by atoms with E-state index in [-0.39, 0.29) is 21.6 Å². The van der Waals surface area contributed by atoms with Crippen LogP contribution in [0.1, 0.15) is 75.6 Å². The molecule has 1 unspecified atom stereocenters. The van der Waals surface area contributed by atoms with Crippen LogP contribution in [0.2, 0.25) is 8.73 Å². The van der Waals surface area contributed by atoms with Gasteiger partial charge < -0.3 is 0 Å². The number of allylic oxidation sites excluding steroid dienone is 3. The number of aliphatic imine (C=N–C) groups is 1. The standard InChI is InChI=1S/C22H33N3S.Sb/c1-7-9-10-18(20-15-24-21(26-20)16(3)8-2)11-12-23-17(4)25-19-13-22(5,6)14-19;/h10-12,15-16,19H,5-9,13-14H2,1-4H3,(H,23,25);/b12-11-,18-10-;. The Bertz CT molecular complexity index is 707. The molecular formula is C22H33N3SSb. The molecule has 1 saturated heterocycles. The predicted octanol–water partition coefficient (Wildman–Crippen LogP) is 6.07. The molecule has 0 amide bonds. The van der Waals surface area contributed by atoms with Crippen LogP contribution in [0.3, 0.4) is 0 Å². The van der Waals surface area contributed by atoms with Crippen LogP contribution in [0.25, 0.3) is 5.57 Å². The van der Waals surface area contributed by atoms with E-state index >= 15 is 0 Å². The van der Waals surface area contributed by atoms with E-state index in [1.165, 1.54) is 28.3 Å². The van der Waals surface area contributed by atoms with Crippen molar-refractivity contribution in [1.82, 2.24) is 10.3 Å². The molecule has 1 aliphatic heterocycles. The van der Waals surface area contributed by atoms with Crippen LogP contribution in [-0.4, -0.2) is 38.5 Å². The Morgan fingerprint density at radius 2 is 2.22 bits per heavy atom. The molecule has 1 atom stereocenters. The van der Waals surface area contributed by atoms with Gasteiger partial charge in [0.2, 0.25) is 0 Å². The summed E-state index contributed by atoms with van der Waals surface area (Å²) in [6.07, 6.45) is 14.7. The van der Waals surface area contributed by atoms with Crippen LogP contribution in [0.4, 0.5) is 0 Å². The molecule has 1 saturated carbocycles. The zero-order valence-electron chi connectivity index (χ0n) is 17.2. The quantitative estimate of drug-likeness (QED) is 0.207. The van der Waals surface area contributed by atoms with Crippen molar-refractivity contribution in [2.45, 2.75) is 80.5 Å². The minimum absolute atomic E-state index is 0.258. The van der Waals surface area contributed by atoms with Gasteiger partial charge in [-0.25, -0.2) is 4.98 Å². The van der Waals surface area contributed by atoms with E-state index in [2.05, 4.69) is 50.1 Å². The minimum Gasteiger partial charge on any atom is -0.249 e. The summed E-state index contributed by atoms with van der Waals surface area (Å²) in [7, 11) is 0. The van der Waals surface area contributed by atoms with E-state index in [0.29, 0.717) is 12.0 Å². The van der Waals surface area contributed by atoms with Crippen molar-refractivity contribution < 1.29 is 0 Å². The van der Waals surface area contributed by atoms with Gasteiger partial charge in [0.05, 0.1) is 5.01 Å². The number of rotatable bonds is 8. The molecule has 1 aromatic rings. The fourth-order valence-corrected chi connectivity index (χ4v) is 8.65. The van der Waals surface area contributed by atoms with Crippen molar-refractivity contribution in [3.63, 3.8) is 0 Å². The summed E-state index contributed by atoms with van der Waals surface area (Å²) in [5.74, 6) is 1.58. The van der Waals surface area contributed by atoms with Gasteiger partial charge in [0, 0.05) is 5.92 Å². The fourth-order valence-electron chi connectivity index (χ4n) is 3.65. The molecule has 1 N–H and O–H groups in total. The second kappa shape index (κ2) is 9.74. The predicted molar refractivity (Wildman–Crippen MR) is 120 cm³/mol.